The largest absolute Gasteiger partial charge is 0.477 e. The average molecular weight is 578 g/mol. The lowest BCUT2D eigenvalue weighted by atomic mass is 10.0. The first-order chi connectivity index (χ1) is 18.3. The van der Waals surface area contributed by atoms with E-state index in [-0.39, 0.29) is 33.9 Å². The Labute approximate surface area is 226 Å². The van der Waals surface area contributed by atoms with E-state index < -0.39 is 29.2 Å². The van der Waals surface area contributed by atoms with Gasteiger partial charge >= 0.3 is 5.97 Å². The Morgan fingerprint density at radius 1 is 1.39 bits per heavy atom. The van der Waals surface area contributed by atoms with Crippen LogP contribution in [0.2, 0.25) is 0 Å². The van der Waals surface area contributed by atoms with Crippen molar-refractivity contribution in [2.24, 2.45) is 5.16 Å². The molecule has 5 rings (SSSR count). The van der Waals surface area contributed by atoms with E-state index in [1.807, 2.05) is 0 Å². The Hall–Kier alpha value is -4.10. The van der Waals surface area contributed by atoms with Gasteiger partial charge in [-0.3, -0.25) is 14.5 Å². The number of fused-ring (bicyclic) bond motifs is 1. The van der Waals surface area contributed by atoms with Gasteiger partial charge in [0.1, 0.15) is 29.9 Å². The van der Waals surface area contributed by atoms with Gasteiger partial charge in [-0.25, -0.2) is 19.1 Å². The summed E-state index contributed by atoms with van der Waals surface area (Å²) in [5.41, 5.74) is 6.06. The minimum atomic E-state index is -1.25. The molecule has 2 atom stereocenters. The maximum absolute atomic E-state index is 13.0. The van der Waals surface area contributed by atoms with E-state index in [0.717, 1.165) is 11.3 Å². The summed E-state index contributed by atoms with van der Waals surface area (Å²) in [5, 5.41) is 29.9. The van der Waals surface area contributed by atoms with Gasteiger partial charge in [0.05, 0.1) is 0 Å². The van der Waals surface area contributed by atoms with E-state index in [1.165, 1.54) is 50.3 Å². The molecule has 0 saturated carbocycles. The minimum Gasteiger partial charge on any atom is -0.477 e. The molecule has 0 bridgehead atoms. The summed E-state index contributed by atoms with van der Waals surface area (Å²) in [5.74, 6) is 4.36. The van der Waals surface area contributed by atoms with Crippen LogP contribution in [0.5, 0.6) is 0 Å². The molecule has 0 spiro atoms. The monoisotopic (exact) mass is 577 g/mol. The molecule has 5 heterocycles. The van der Waals surface area contributed by atoms with Gasteiger partial charge in [0.2, 0.25) is 5.16 Å². The van der Waals surface area contributed by atoms with Crippen LogP contribution in [0, 0.1) is 0 Å². The van der Waals surface area contributed by atoms with Crippen molar-refractivity contribution in [1.82, 2.24) is 39.9 Å². The smallest absolute Gasteiger partial charge is 0.352 e. The van der Waals surface area contributed by atoms with E-state index in [1.54, 1.807) is 18.5 Å². The fraction of sp³-hybridized carbons (Fsp3) is 0.263. The topological polar surface area (TPSA) is 222 Å². The summed E-state index contributed by atoms with van der Waals surface area (Å²) in [7, 11) is 1.27. The zero-order valence-electron chi connectivity index (χ0n) is 19.4. The van der Waals surface area contributed by atoms with Crippen LogP contribution in [0.15, 0.2) is 45.4 Å². The van der Waals surface area contributed by atoms with Crippen LogP contribution < -0.4 is 16.9 Å². The van der Waals surface area contributed by atoms with Crippen LogP contribution in [0.3, 0.4) is 0 Å². The Balaban J connectivity index is 1.30. The number of hydrogen-bond donors (Lipinski definition) is 4. The van der Waals surface area contributed by atoms with Gasteiger partial charge in [-0.2, -0.15) is 5.10 Å². The molecule has 6 N–H and O–H groups in total. The van der Waals surface area contributed by atoms with E-state index in [2.05, 4.69) is 30.8 Å². The second kappa shape index (κ2) is 10.3. The number of β-lactam (4-membered cyclic amide) rings is 1. The molecule has 1 fully saturated rings. The van der Waals surface area contributed by atoms with E-state index in [4.69, 9.17) is 16.4 Å². The summed E-state index contributed by atoms with van der Waals surface area (Å²) < 4.78 is 2.69. The Kier molecular flexibility index (Phi) is 6.95. The molecular formula is C19H19N11O5S3. The predicted octanol–water partition coefficient (Wildman–Crippen LogP) is -0.902. The van der Waals surface area contributed by atoms with Gasteiger partial charge in [-0.05, 0) is 11.6 Å². The SMILES string of the molecule is CON=C(C(=O)NC1C(=O)N2C(C(=O)O)=C(CSc3nnc(-n4cccn4)n3N)CS[C@@H]12)c1csc(N)n1. The third kappa shape index (κ3) is 4.54. The number of aromatic nitrogens is 6. The first-order valence-electron chi connectivity index (χ1n) is 10.7. The molecule has 198 valence electrons. The molecule has 3 aromatic rings. The highest BCUT2D eigenvalue weighted by Gasteiger charge is 2.54. The summed E-state index contributed by atoms with van der Waals surface area (Å²) in [6, 6.07) is 0.749. The van der Waals surface area contributed by atoms with E-state index >= 15 is 0 Å². The number of carboxylic acids is 1. The molecule has 3 aromatic heterocycles. The van der Waals surface area contributed by atoms with Crippen molar-refractivity contribution in [3.8, 4) is 5.95 Å². The first-order valence-corrected chi connectivity index (χ1v) is 13.6. The van der Waals surface area contributed by atoms with Crippen LogP contribution in [0.25, 0.3) is 5.95 Å². The second-order valence-electron chi connectivity index (χ2n) is 7.70. The Bertz CT molecular complexity index is 1460. The molecular weight excluding hydrogens is 558 g/mol. The predicted molar refractivity (Wildman–Crippen MR) is 138 cm³/mol. The molecule has 16 nitrogen and oxygen atoms in total. The normalized spacial score (nSPS) is 19.2. The maximum Gasteiger partial charge on any atom is 0.352 e. The number of hydrogen-bond acceptors (Lipinski definition) is 14. The third-order valence-electron chi connectivity index (χ3n) is 5.43. The number of aliphatic carboxylic acids is 1. The quantitative estimate of drug-likeness (QED) is 0.0796. The van der Waals surface area contributed by atoms with E-state index in [0.29, 0.717) is 16.5 Å². The van der Waals surface area contributed by atoms with Crippen molar-refractivity contribution in [3.63, 3.8) is 0 Å². The van der Waals surface area contributed by atoms with Crippen molar-refractivity contribution in [1.29, 1.82) is 0 Å². The number of nitrogens with zero attached hydrogens (tertiary/aromatic N) is 8. The van der Waals surface area contributed by atoms with Crippen molar-refractivity contribution < 1.29 is 24.3 Å². The number of oxime groups is 1. The van der Waals surface area contributed by atoms with Crippen LogP contribution in [-0.2, 0) is 19.2 Å². The Morgan fingerprint density at radius 3 is 2.87 bits per heavy atom. The van der Waals surface area contributed by atoms with Crippen molar-refractivity contribution in [2.45, 2.75) is 16.6 Å². The van der Waals surface area contributed by atoms with Gasteiger partial charge in [0, 0.05) is 29.3 Å². The summed E-state index contributed by atoms with van der Waals surface area (Å²) in [6.07, 6.45) is 3.23. The molecule has 38 heavy (non-hydrogen) atoms. The lowest BCUT2D eigenvalue weighted by molar-refractivity contribution is -0.150. The Morgan fingerprint density at radius 2 is 2.21 bits per heavy atom. The lowest BCUT2D eigenvalue weighted by Crippen LogP contribution is -2.71. The van der Waals surface area contributed by atoms with Crippen LogP contribution in [-0.4, -0.2) is 93.2 Å². The number of nitrogen functional groups attached to an aromatic ring is 2. The fourth-order valence-electron chi connectivity index (χ4n) is 3.76. The summed E-state index contributed by atoms with van der Waals surface area (Å²) >= 11 is 3.62. The molecule has 1 saturated heterocycles. The molecule has 2 aliphatic rings. The van der Waals surface area contributed by atoms with E-state index in [9.17, 15) is 19.5 Å². The van der Waals surface area contributed by atoms with Gasteiger partial charge in [0.25, 0.3) is 17.8 Å². The second-order valence-corrected chi connectivity index (χ2v) is 10.6. The van der Waals surface area contributed by atoms with Crippen molar-refractivity contribution in [2.75, 3.05) is 30.2 Å². The molecule has 0 aromatic carbocycles. The number of carbonyl (C=O) groups is 3. The standard InChI is InChI=1S/C19H19N11O5S3/c1-35-27-10(9-7-37-17(20)23-9)13(31)24-11-14(32)29-12(16(33)34)8(5-36-15(11)29)6-38-19-26-25-18(30(19)21)28-4-2-3-22-28/h2-4,7,11,15H,5-6,21H2,1H3,(H2,20,23)(H,24,31)(H,33,34)/t11?,15-/m0/s1. The lowest BCUT2D eigenvalue weighted by Gasteiger charge is -2.49. The van der Waals surface area contributed by atoms with Crippen molar-refractivity contribution >= 4 is 63.5 Å². The number of amides is 2. The summed E-state index contributed by atoms with van der Waals surface area (Å²) in [4.78, 5) is 48.0. The van der Waals surface area contributed by atoms with Gasteiger partial charge in [-0.15, -0.1) is 33.3 Å². The summed E-state index contributed by atoms with van der Waals surface area (Å²) in [6.45, 7) is 0. The van der Waals surface area contributed by atoms with Crippen LogP contribution in [0.4, 0.5) is 5.13 Å². The number of anilines is 1. The fourth-order valence-corrected chi connectivity index (χ4v) is 6.64. The molecule has 19 heteroatoms. The first kappa shape index (κ1) is 25.5. The highest BCUT2D eigenvalue weighted by molar-refractivity contribution is 8.01. The van der Waals surface area contributed by atoms with Crippen LogP contribution in [0.1, 0.15) is 5.69 Å². The number of thioether (sulfide) groups is 2. The number of carbonyl (C=O) groups excluding carboxylic acids is 2. The zero-order valence-corrected chi connectivity index (χ0v) is 21.9. The number of carboxylic acid groups (broad SMARTS) is 1. The number of thiazole rings is 1. The zero-order chi connectivity index (χ0) is 27.0. The van der Waals surface area contributed by atoms with Gasteiger partial charge < -0.3 is 26.8 Å². The number of nitrogens with two attached hydrogens (primary N) is 2. The molecule has 0 aliphatic carbocycles. The molecule has 2 amide bonds. The molecule has 0 radical (unpaired) electrons. The van der Waals surface area contributed by atoms with Gasteiger partial charge in [0.15, 0.2) is 10.8 Å². The molecule has 1 unspecified atom stereocenters. The van der Waals surface area contributed by atoms with Crippen molar-refractivity contribution in [3.05, 3.63) is 40.8 Å². The highest BCUT2D eigenvalue weighted by Crippen LogP contribution is 2.41. The minimum absolute atomic E-state index is 0.134. The third-order valence-corrected chi connectivity index (χ3v) is 8.47. The average Bonchev–Trinajstić information content (AvgIpc) is 3.65. The number of rotatable bonds is 9. The van der Waals surface area contributed by atoms with Gasteiger partial charge in [-0.1, -0.05) is 16.9 Å². The maximum atomic E-state index is 13.0. The van der Waals surface area contributed by atoms with Crippen LogP contribution >= 0.6 is 34.9 Å². The molecule has 2 aliphatic heterocycles. The number of nitrogens with one attached hydrogen (secondary N) is 1. The highest BCUT2D eigenvalue weighted by atomic mass is 32.2.